The number of nitrogens with one attached hydrogen (secondary N) is 2. The van der Waals surface area contributed by atoms with Crippen molar-refractivity contribution in [1.29, 1.82) is 0 Å². The molecule has 0 aromatic rings. The van der Waals surface area contributed by atoms with Crippen LogP contribution in [0.5, 0.6) is 0 Å². The van der Waals surface area contributed by atoms with Gasteiger partial charge in [-0.1, -0.05) is 11.6 Å². The van der Waals surface area contributed by atoms with Crippen molar-refractivity contribution in [3.63, 3.8) is 0 Å². The van der Waals surface area contributed by atoms with Crippen LogP contribution in [0.25, 0.3) is 0 Å². The highest BCUT2D eigenvalue weighted by atomic mass is 35.5. The number of hydrogen-bond acceptors (Lipinski definition) is 4. The molecule has 25 heavy (non-hydrogen) atoms. The molecule has 0 radical (unpaired) electrons. The fourth-order valence-electron chi connectivity index (χ4n) is 5.61. The van der Waals surface area contributed by atoms with Crippen molar-refractivity contribution in [3.8, 4) is 0 Å². The first kappa shape index (κ1) is 18.2. The molecule has 3 aliphatic heterocycles. The monoisotopic (exact) mass is 371 g/mol. The number of rotatable bonds is 3. The average Bonchev–Trinajstić information content (AvgIpc) is 3.19. The molecule has 8 unspecified atom stereocenters. The first-order valence-electron chi connectivity index (χ1n) is 9.97. The first-order valence-corrected chi connectivity index (χ1v) is 10.4. The summed E-state index contributed by atoms with van der Waals surface area (Å²) < 4.78 is 13.8. The SMILES string of the molecule is CC(O)C1CNC2CCC(C3CCCNC3C3=CC(Cl)C(F)CC3)N21. The first-order chi connectivity index (χ1) is 12.1. The molecular formula is C19H31ClFN3O. The Balaban J connectivity index is 1.56. The van der Waals surface area contributed by atoms with Crippen LogP contribution in [0, 0.1) is 5.92 Å². The summed E-state index contributed by atoms with van der Waals surface area (Å²) in [6.45, 7) is 3.81. The lowest BCUT2D eigenvalue weighted by Crippen LogP contribution is -2.55. The summed E-state index contributed by atoms with van der Waals surface area (Å²) in [5, 5.41) is 17.0. The molecule has 8 atom stereocenters. The molecule has 3 saturated heterocycles. The lowest BCUT2D eigenvalue weighted by atomic mass is 9.77. The van der Waals surface area contributed by atoms with E-state index in [1.54, 1.807) is 0 Å². The molecule has 6 heteroatoms. The number of aliphatic hydroxyl groups is 1. The maximum absolute atomic E-state index is 13.8. The molecule has 4 rings (SSSR count). The molecule has 3 fully saturated rings. The van der Waals surface area contributed by atoms with Crippen molar-refractivity contribution in [2.45, 2.75) is 87.4 Å². The number of fused-ring (bicyclic) bond motifs is 1. The fourth-order valence-corrected chi connectivity index (χ4v) is 5.90. The normalized spacial score (nSPS) is 46.7. The second-order valence-electron chi connectivity index (χ2n) is 8.30. The second-order valence-corrected chi connectivity index (χ2v) is 8.81. The van der Waals surface area contributed by atoms with Crippen LogP contribution in [0.3, 0.4) is 0 Å². The highest BCUT2D eigenvalue weighted by Crippen LogP contribution is 2.41. The third kappa shape index (κ3) is 3.39. The van der Waals surface area contributed by atoms with Gasteiger partial charge in [0.25, 0.3) is 0 Å². The summed E-state index contributed by atoms with van der Waals surface area (Å²) in [4.78, 5) is 2.55. The molecule has 0 bridgehead atoms. The van der Waals surface area contributed by atoms with Gasteiger partial charge in [0.1, 0.15) is 6.17 Å². The number of halogens is 2. The average molecular weight is 372 g/mol. The third-order valence-corrected chi connectivity index (χ3v) is 7.21. The molecule has 0 spiro atoms. The zero-order valence-electron chi connectivity index (χ0n) is 15.0. The zero-order valence-corrected chi connectivity index (χ0v) is 15.8. The van der Waals surface area contributed by atoms with E-state index < -0.39 is 11.5 Å². The van der Waals surface area contributed by atoms with Crippen LogP contribution < -0.4 is 10.6 Å². The van der Waals surface area contributed by atoms with Gasteiger partial charge in [-0.3, -0.25) is 4.90 Å². The summed E-state index contributed by atoms with van der Waals surface area (Å²) in [7, 11) is 0. The van der Waals surface area contributed by atoms with Crippen LogP contribution in [0.2, 0.25) is 0 Å². The van der Waals surface area contributed by atoms with Gasteiger partial charge in [0, 0.05) is 24.7 Å². The van der Waals surface area contributed by atoms with Crippen molar-refractivity contribution >= 4 is 11.6 Å². The standard InChI is InChI=1S/C19H31ClFN3O/c1-11(25)17-10-23-18-7-6-16(24(17)18)13-3-2-8-22-19(13)12-4-5-15(21)14(20)9-12/h9,11,13-19,22-23,25H,2-8,10H2,1H3. The Kier molecular flexibility index (Phi) is 5.40. The summed E-state index contributed by atoms with van der Waals surface area (Å²) >= 11 is 6.21. The predicted molar refractivity (Wildman–Crippen MR) is 98.5 cm³/mol. The lowest BCUT2D eigenvalue weighted by molar-refractivity contribution is 0.0372. The third-order valence-electron chi connectivity index (χ3n) is 6.81. The topological polar surface area (TPSA) is 47.5 Å². The van der Waals surface area contributed by atoms with Crippen LogP contribution in [-0.2, 0) is 0 Å². The van der Waals surface area contributed by atoms with Gasteiger partial charge < -0.3 is 15.7 Å². The van der Waals surface area contributed by atoms with Crippen molar-refractivity contribution in [2.75, 3.05) is 13.1 Å². The number of piperidine rings is 1. The fraction of sp³-hybridized carbons (Fsp3) is 0.895. The lowest BCUT2D eigenvalue weighted by Gasteiger charge is -2.44. The highest BCUT2D eigenvalue weighted by Gasteiger charge is 2.49. The van der Waals surface area contributed by atoms with Gasteiger partial charge in [-0.25, -0.2) is 4.39 Å². The van der Waals surface area contributed by atoms with Gasteiger partial charge in [0.05, 0.1) is 17.6 Å². The maximum Gasteiger partial charge on any atom is 0.120 e. The zero-order chi connectivity index (χ0) is 17.6. The number of alkyl halides is 2. The Labute approximate surface area is 155 Å². The maximum atomic E-state index is 13.8. The van der Waals surface area contributed by atoms with Crippen molar-refractivity contribution in [3.05, 3.63) is 11.6 Å². The Morgan fingerprint density at radius 3 is 2.88 bits per heavy atom. The Hall–Kier alpha value is -0.200. The molecule has 3 heterocycles. The van der Waals surface area contributed by atoms with E-state index in [4.69, 9.17) is 11.6 Å². The van der Waals surface area contributed by atoms with Crippen molar-refractivity contribution in [1.82, 2.24) is 15.5 Å². The summed E-state index contributed by atoms with van der Waals surface area (Å²) in [6.07, 6.45) is 7.22. The van der Waals surface area contributed by atoms with Crippen LogP contribution in [-0.4, -0.2) is 65.0 Å². The summed E-state index contributed by atoms with van der Waals surface area (Å²) in [5.41, 5.74) is 1.31. The van der Waals surface area contributed by atoms with Gasteiger partial charge in [-0.2, -0.15) is 0 Å². The van der Waals surface area contributed by atoms with E-state index in [1.165, 1.54) is 24.8 Å². The largest absolute Gasteiger partial charge is 0.392 e. The molecule has 0 aromatic heterocycles. The smallest absolute Gasteiger partial charge is 0.120 e. The molecule has 3 N–H and O–H groups in total. The molecule has 0 saturated carbocycles. The molecule has 142 valence electrons. The van der Waals surface area contributed by atoms with Gasteiger partial charge in [0.15, 0.2) is 0 Å². The minimum atomic E-state index is -0.911. The molecule has 1 aliphatic carbocycles. The Morgan fingerprint density at radius 2 is 2.12 bits per heavy atom. The van der Waals surface area contributed by atoms with Gasteiger partial charge >= 0.3 is 0 Å². The van der Waals surface area contributed by atoms with Crippen LogP contribution >= 0.6 is 11.6 Å². The van der Waals surface area contributed by atoms with Crippen molar-refractivity contribution < 1.29 is 9.50 Å². The summed E-state index contributed by atoms with van der Waals surface area (Å²) in [5.74, 6) is 0.520. The summed E-state index contributed by atoms with van der Waals surface area (Å²) in [6, 6.07) is 0.994. The number of nitrogens with zero attached hydrogens (tertiary/aromatic N) is 1. The van der Waals surface area contributed by atoms with E-state index >= 15 is 0 Å². The Bertz CT molecular complexity index is 517. The highest BCUT2D eigenvalue weighted by molar-refractivity contribution is 6.22. The molecule has 4 nitrogen and oxygen atoms in total. The van der Waals surface area contributed by atoms with E-state index in [0.717, 1.165) is 25.9 Å². The molecule has 0 aromatic carbocycles. The van der Waals surface area contributed by atoms with Gasteiger partial charge in [-0.05, 0) is 57.9 Å². The van der Waals surface area contributed by atoms with Gasteiger partial charge in [0.2, 0.25) is 0 Å². The minimum Gasteiger partial charge on any atom is -0.392 e. The number of hydrogen-bond donors (Lipinski definition) is 3. The van der Waals surface area contributed by atoms with E-state index in [-0.39, 0.29) is 12.1 Å². The molecular weight excluding hydrogens is 341 g/mol. The van der Waals surface area contributed by atoms with E-state index in [9.17, 15) is 9.50 Å². The van der Waals surface area contributed by atoms with Crippen LogP contribution in [0.1, 0.15) is 45.4 Å². The van der Waals surface area contributed by atoms with Crippen molar-refractivity contribution in [2.24, 2.45) is 5.92 Å². The Morgan fingerprint density at radius 1 is 1.28 bits per heavy atom. The second kappa shape index (κ2) is 7.43. The predicted octanol–water partition coefficient (Wildman–Crippen LogP) is 2.16. The number of aliphatic hydroxyl groups excluding tert-OH is 1. The minimum absolute atomic E-state index is 0.205. The molecule has 0 amide bonds. The number of allylic oxidation sites excluding steroid dienone is 1. The van der Waals surface area contributed by atoms with Gasteiger partial charge in [-0.15, -0.1) is 11.6 Å². The van der Waals surface area contributed by atoms with E-state index in [0.29, 0.717) is 30.6 Å². The van der Waals surface area contributed by atoms with E-state index in [1.807, 2.05) is 13.0 Å². The van der Waals surface area contributed by atoms with Crippen LogP contribution in [0.15, 0.2) is 11.6 Å². The quantitative estimate of drug-likeness (QED) is 0.525. The van der Waals surface area contributed by atoms with Crippen LogP contribution in [0.4, 0.5) is 4.39 Å². The molecule has 4 aliphatic rings. The van der Waals surface area contributed by atoms with E-state index in [2.05, 4.69) is 15.5 Å².